The first kappa shape index (κ1) is 19.2. The Labute approximate surface area is 147 Å². The molecule has 4 nitrogen and oxygen atoms in total. The van der Waals surface area contributed by atoms with Crippen LogP contribution in [0.5, 0.6) is 0 Å². The fourth-order valence-corrected chi connectivity index (χ4v) is 2.83. The zero-order valence-corrected chi connectivity index (χ0v) is 14.3. The lowest BCUT2D eigenvalue weighted by Crippen LogP contribution is -2.37. The van der Waals surface area contributed by atoms with Crippen LogP contribution in [0.25, 0.3) is 0 Å². The molecule has 136 valence electrons. The first-order chi connectivity index (χ1) is 11.9. The molecule has 0 unspecified atom stereocenters. The molecular formula is C16H18F4N4S. The molecule has 0 fully saturated rings. The summed E-state index contributed by atoms with van der Waals surface area (Å²) in [6, 6.07) is 6.42. The van der Waals surface area contributed by atoms with Crippen LogP contribution in [0.1, 0.15) is 22.7 Å². The first-order valence-corrected chi connectivity index (χ1v) is 8.47. The van der Waals surface area contributed by atoms with E-state index in [1.54, 1.807) is 13.1 Å². The van der Waals surface area contributed by atoms with Gasteiger partial charge in [0.25, 0.3) is 0 Å². The molecule has 0 aliphatic rings. The molecule has 0 bridgehead atoms. The van der Waals surface area contributed by atoms with E-state index in [2.05, 4.69) is 20.6 Å². The Morgan fingerprint density at radius 1 is 1.28 bits per heavy atom. The van der Waals surface area contributed by atoms with Crippen molar-refractivity contribution in [2.24, 2.45) is 4.99 Å². The molecule has 0 amide bonds. The van der Waals surface area contributed by atoms with E-state index >= 15 is 0 Å². The molecule has 0 saturated heterocycles. The summed E-state index contributed by atoms with van der Waals surface area (Å²) in [5.41, 5.74) is 0.0274. The number of rotatable bonds is 6. The quantitative estimate of drug-likeness (QED) is 0.352. The highest BCUT2D eigenvalue weighted by Gasteiger charge is 2.33. The molecule has 0 aliphatic heterocycles. The lowest BCUT2D eigenvalue weighted by molar-refractivity contribution is -0.140. The van der Waals surface area contributed by atoms with Gasteiger partial charge in [-0.3, -0.25) is 4.99 Å². The van der Waals surface area contributed by atoms with Gasteiger partial charge in [-0.05, 0) is 30.5 Å². The summed E-state index contributed by atoms with van der Waals surface area (Å²) in [6.07, 6.45) is -2.95. The minimum absolute atomic E-state index is 0.157. The third-order valence-electron chi connectivity index (χ3n) is 3.30. The molecule has 2 aromatic rings. The number of thiazole rings is 1. The van der Waals surface area contributed by atoms with Crippen molar-refractivity contribution in [3.8, 4) is 0 Å². The molecule has 2 N–H and O–H groups in total. The van der Waals surface area contributed by atoms with Crippen LogP contribution in [-0.4, -0.2) is 24.5 Å². The van der Waals surface area contributed by atoms with E-state index < -0.39 is 11.9 Å². The molecule has 1 heterocycles. The van der Waals surface area contributed by atoms with E-state index in [-0.39, 0.29) is 12.4 Å². The summed E-state index contributed by atoms with van der Waals surface area (Å²) in [6.45, 7) is 0.756. The van der Waals surface area contributed by atoms with Gasteiger partial charge in [0.05, 0.1) is 6.54 Å². The number of hydrogen-bond acceptors (Lipinski definition) is 3. The molecule has 9 heteroatoms. The maximum atomic E-state index is 13.1. The van der Waals surface area contributed by atoms with Gasteiger partial charge in [-0.2, -0.15) is 13.2 Å². The normalized spacial score (nSPS) is 12.3. The van der Waals surface area contributed by atoms with Crippen molar-refractivity contribution in [3.63, 3.8) is 0 Å². The Kier molecular flexibility index (Phi) is 6.74. The number of hydrogen-bond donors (Lipinski definition) is 2. The van der Waals surface area contributed by atoms with Crippen LogP contribution in [0.3, 0.4) is 0 Å². The van der Waals surface area contributed by atoms with Crippen LogP contribution in [0.4, 0.5) is 17.6 Å². The van der Waals surface area contributed by atoms with Gasteiger partial charge >= 0.3 is 6.18 Å². The Balaban J connectivity index is 1.73. The molecule has 25 heavy (non-hydrogen) atoms. The molecular weight excluding hydrogens is 356 g/mol. The zero-order valence-electron chi connectivity index (χ0n) is 13.5. The summed E-state index contributed by atoms with van der Waals surface area (Å²) in [5, 5.41) is 7.30. The van der Waals surface area contributed by atoms with Gasteiger partial charge < -0.3 is 10.6 Å². The summed E-state index contributed by atoms with van der Waals surface area (Å²) in [7, 11) is 1.57. The van der Waals surface area contributed by atoms with E-state index in [9.17, 15) is 17.6 Å². The number of nitrogens with zero attached hydrogens (tertiary/aromatic N) is 2. The van der Waals surface area contributed by atoms with Gasteiger partial charge in [0.15, 0.2) is 11.7 Å². The number of nitrogens with one attached hydrogen (secondary N) is 2. The van der Waals surface area contributed by atoms with Crippen LogP contribution in [0.2, 0.25) is 0 Å². The Morgan fingerprint density at radius 2 is 2.08 bits per heavy atom. The molecule has 0 aliphatic carbocycles. The van der Waals surface area contributed by atoms with Gasteiger partial charge in [-0.25, -0.2) is 9.37 Å². The maximum Gasteiger partial charge on any atom is 0.434 e. The van der Waals surface area contributed by atoms with Crippen LogP contribution in [-0.2, 0) is 19.1 Å². The van der Waals surface area contributed by atoms with Gasteiger partial charge in [-0.15, -0.1) is 11.3 Å². The molecule has 0 saturated carbocycles. The average Bonchev–Trinajstić information content (AvgIpc) is 3.03. The smallest absolute Gasteiger partial charge is 0.356 e. The second kappa shape index (κ2) is 8.80. The van der Waals surface area contributed by atoms with Crippen molar-refractivity contribution in [1.82, 2.24) is 15.6 Å². The second-order valence-electron chi connectivity index (χ2n) is 5.21. The lowest BCUT2D eigenvalue weighted by atomic mass is 10.1. The van der Waals surface area contributed by atoms with Crippen LogP contribution in [0, 0.1) is 5.82 Å². The highest BCUT2D eigenvalue weighted by Crippen LogP contribution is 2.29. The second-order valence-corrected chi connectivity index (χ2v) is 6.15. The molecule has 2 rings (SSSR count). The standard InChI is InChI=1S/C16H18F4N4S/c1-21-15(22-7-3-5-11-4-2-6-12(17)8-11)23-9-14-24-13(10-25-14)16(18,19)20/h2,4,6,8,10H,3,5,7,9H2,1H3,(H2,21,22,23). The van der Waals surface area contributed by atoms with Crippen molar-refractivity contribution >= 4 is 17.3 Å². The number of halogens is 4. The van der Waals surface area contributed by atoms with Gasteiger partial charge in [-0.1, -0.05) is 12.1 Å². The van der Waals surface area contributed by atoms with Crippen molar-refractivity contribution < 1.29 is 17.6 Å². The fourth-order valence-electron chi connectivity index (χ4n) is 2.09. The summed E-state index contributed by atoms with van der Waals surface area (Å²) >= 11 is 0.944. The molecule has 0 spiro atoms. The molecule has 0 radical (unpaired) electrons. The monoisotopic (exact) mass is 374 g/mol. The minimum Gasteiger partial charge on any atom is -0.356 e. The van der Waals surface area contributed by atoms with Crippen LogP contribution in [0.15, 0.2) is 34.6 Å². The van der Waals surface area contributed by atoms with Crippen LogP contribution >= 0.6 is 11.3 Å². The lowest BCUT2D eigenvalue weighted by Gasteiger charge is -2.11. The summed E-state index contributed by atoms with van der Waals surface area (Å²) in [5.74, 6) is 0.215. The Bertz CT molecular complexity index is 712. The highest BCUT2D eigenvalue weighted by atomic mass is 32.1. The molecule has 0 atom stereocenters. The number of aryl methyl sites for hydroxylation is 1. The zero-order chi connectivity index (χ0) is 18.3. The van der Waals surface area contributed by atoms with E-state index in [1.165, 1.54) is 12.1 Å². The highest BCUT2D eigenvalue weighted by molar-refractivity contribution is 7.09. The van der Waals surface area contributed by atoms with E-state index in [4.69, 9.17) is 0 Å². The summed E-state index contributed by atoms with van der Waals surface area (Å²) < 4.78 is 50.6. The molecule has 1 aromatic heterocycles. The third kappa shape index (κ3) is 6.33. The minimum atomic E-state index is -4.43. The number of guanidine groups is 1. The third-order valence-corrected chi connectivity index (χ3v) is 4.15. The van der Waals surface area contributed by atoms with Gasteiger partial charge in [0, 0.05) is 19.0 Å². The largest absolute Gasteiger partial charge is 0.434 e. The SMILES string of the molecule is CN=C(NCCCc1cccc(F)c1)NCc1nc(C(F)(F)F)cs1. The van der Waals surface area contributed by atoms with Gasteiger partial charge in [0.1, 0.15) is 10.8 Å². The first-order valence-electron chi connectivity index (χ1n) is 7.59. The predicted octanol–water partition coefficient (Wildman–Crippen LogP) is 3.60. The van der Waals surface area contributed by atoms with Crippen molar-refractivity contribution in [2.45, 2.75) is 25.6 Å². The number of aromatic nitrogens is 1. The fraction of sp³-hybridized carbons (Fsp3) is 0.375. The topological polar surface area (TPSA) is 49.3 Å². The van der Waals surface area contributed by atoms with E-state index in [1.807, 2.05) is 6.07 Å². The van der Waals surface area contributed by atoms with Crippen molar-refractivity contribution in [1.29, 1.82) is 0 Å². The number of aliphatic imine (C=N–C) groups is 1. The van der Waals surface area contributed by atoms with Crippen LogP contribution < -0.4 is 10.6 Å². The number of alkyl halides is 3. The van der Waals surface area contributed by atoms with Crippen molar-refractivity contribution in [2.75, 3.05) is 13.6 Å². The van der Waals surface area contributed by atoms with E-state index in [0.717, 1.165) is 28.7 Å². The average molecular weight is 374 g/mol. The molecule has 1 aromatic carbocycles. The maximum absolute atomic E-state index is 13.1. The summed E-state index contributed by atoms with van der Waals surface area (Å²) in [4.78, 5) is 7.55. The number of benzene rings is 1. The Morgan fingerprint density at radius 3 is 2.72 bits per heavy atom. The van der Waals surface area contributed by atoms with Gasteiger partial charge in [0.2, 0.25) is 0 Å². The predicted molar refractivity (Wildman–Crippen MR) is 90.0 cm³/mol. The Hall–Kier alpha value is -2.16. The van der Waals surface area contributed by atoms with Crippen molar-refractivity contribution in [3.05, 3.63) is 51.7 Å². The van der Waals surface area contributed by atoms with E-state index in [0.29, 0.717) is 23.9 Å².